The van der Waals surface area contributed by atoms with Gasteiger partial charge < -0.3 is 10.3 Å². The molecular weight excluding hydrogens is 277 g/mol. The van der Waals surface area contributed by atoms with Crippen molar-refractivity contribution in [1.82, 2.24) is 5.16 Å². The number of rotatable bonds is 1. The molecule has 7 heteroatoms. The quantitative estimate of drug-likeness (QED) is 0.730. The van der Waals surface area contributed by atoms with Crippen molar-refractivity contribution in [2.24, 2.45) is 0 Å². The van der Waals surface area contributed by atoms with E-state index in [1.54, 1.807) is 12.1 Å². The van der Waals surface area contributed by atoms with Crippen LogP contribution in [0.25, 0.3) is 20.7 Å². The number of benzene rings is 1. The molecule has 0 aliphatic rings. The van der Waals surface area contributed by atoms with Crippen LogP contribution in [-0.2, 0) is 6.18 Å². The molecule has 0 aliphatic carbocycles. The predicted molar refractivity (Wildman–Crippen MR) is 66.7 cm³/mol. The number of nitrogen functional groups attached to an aromatic ring is 1. The van der Waals surface area contributed by atoms with Gasteiger partial charge in [0.1, 0.15) is 5.69 Å². The van der Waals surface area contributed by atoms with Gasteiger partial charge >= 0.3 is 6.18 Å². The Morgan fingerprint density at radius 2 is 2.05 bits per heavy atom. The lowest BCUT2D eigenvalue weighted by Crippen LogP contribution is -2.04. The van der Waals surface area contributed by atoms with Gasteiger partial charge in [0.15, 0.2) is 5.76 Å². The Morgan fingerprint density at radius 1 is 1.26 bits per heavy atom. The fraction of sp³-hybridized carbons (Fsp3) is 0.0833. The van der Waals surface area contributed by atoms with Gasteiger partial charge in [-0.2, -0.15) is 13.2 Å². The van der Waals surface area contributed by atoms with Crippen LogP contribution in [0.1, 0.15) is 5.56 Å². The Hall–Kier alpha value is -2.02. The van der Waals surface area contributed by atoms with Crippen LogP contribution >= 0.6 is 11.3 Å². The molecule has 0 unspecified atom stereocenters. The highest BCUT2D eigenvalue weighted by Gasteiger charge is 2.33. The number of thiophene rings is 1. The van der Waals surface area contributed by atoms with E-state index in [0.29, 0.717) is 21.7 Å². The average Bonchev–Trinajstić information content (AvgIpc) is 2.91. The first-order valence-electron chi connectivity index (χ1n) is 5.27. The van der Waals surface area contributed by atoms with Crippen molar-refractivity contribution >= 4 is 27.1 Å². The summed E-state index contributed by atoms with van der Waals surface area (Å²) in [6.07, 6.45) is -3.06. The zero-order valence-corrected chi connectivity index (χ0v) is 10.2. The van der Waals surface area contributed by atoms with E-state index in [9.17, 15) is 13.2 Å². The number of nitrogens with two attached hydrogens (primary N) is 1. The second-order valence-corrected chi connectivity index (χ2v) is 4.99. The van der Waals surface area contributed by atoms with E-state index in [-0.39, 0.29) is 4.70 Å². The summed E-state index contributed by atoms with van der Waals surface area (Å²) in [6, 6.07) is 5.68. The third kappa shape index (κ3) is 1.95. The lowest BCUT2D eigenvalue weighted by molar-refractivity contribution is -0.136. The molecule has 3 aromatic rings. The van der Waals surface area contributed by atoms with Gasteiger partial charge in [-0.15, -0.1) is 11.3 Å². The molecule has 0 radical (unpaired) electrons. The summed E-state index contributed by atoms with van der Waals surface area (Å²) < 4.78 is 43.8. The topological polar surface area (TPSA) is 52.0 Å². The highest BCUT2D eigenvalue weighted by atomic mass is 32.1. The van der Waals surface area contributed by atoms with Crippen molar-refractivity contribution in [2.45, 2.75) is 6.18 Å². The predicted octanol–water partition coefficient (Wildman–Crippen LogP) is 4.16. The molecule has 2 heterocycles. The molecule has 3 nitrogen and oxygen atoms in total. The largest absolute Gasteiger partial charge is 0.417 e. The number of aromatic nitrogens is 1. The van der Waals surface area contributed by atoms with Crippen molar-refractivity contribution in [2.75, 3.05) is 5.73 Å². The second kappa shape index (κ2) is 3.99. The van der Waals surface area contributed by atoms with Crippen LogP contribution in [0.15, 0.2) is 35.0 Å². The third-order valence-electron chi connectivity index (χ3n) is 2.67. The summed E-state index contributed by atoms with van der Waals surface area (Å²) in [6.45, 7) is 0. The smallest absolute Gasteiger partial charge is 0.394 e. The standard InChI is InChI=1S/C12H7F3N2OS/c13-12(14,15)7-3-1-2-6-4-9(19-11(6)7)10-8(16)5-17-18-10/h1-5H,16H2. The maximum absolute atomic E-state index is 12.9. The van der Waals surface area contributed by atoms with Gasteiger partial charge in [-0.05, 0) is 17.5 Å². The lowest BCUT2D eigenvalue weighted by atomic mass is 10.1. The number of alkyl halides is 3. The van der Waals surface area contributed by atoms with Crippen LogP contribution in [0.5, 0.6) is 0 Å². The summed E-state index contributed by atoms with van der Waals surface area (Å²) in [5.74, 6) is 0.300. The van der Waals surface area contributed by atoms with Gasteiger partial charge in [-0.3, -0.25) is 0 Å². The van der Waals surface area contributed by atoms with Gasteiger partial charge in [0.2, 0.25) is 0 Å². The molecule has 0 aliphatic heterocycles. The first-order valence-corrected chi connectivity index (χ1v) is 6.09. The summed E-state index contributed by atoms with van der Waals surface area (Å²) in [4.78, 5) is 0.529. The number of fused-ring (bicyclic) bond motifs is 1. The fourth-order valence-electron chi connectivity index (χ4n) is 1.83. The first-order chi connectivity index (χ1) is 8.97. The molecule has 98 valence electrons. The highest BCUT2D eigenvalue weighted by Crippen LogP contribution is 2.42. The van der Waals surface area contributed by atoms with Gasteiger partial charge in [0.05, 0.1) is 16.6 Å². The molecule has 2 aromatic heterocycles. The van der Waals surface area contributed by atoms with E-state index >= 15 is 0 Å². The lowest BCUT2D eigenvalue weighted by Gasteiger charge is -2.06. The molecule has 0 spiro atoms. The Bertz CT molecular complexity index is 745. The van der Waals surface area contributed by atoms with E-state index in [4.69, 9.17) is 10.3 Å². The Morgan fingerprint density at radius 3 is 2.68 bits per heavy atom. The van der Waals surface area contributed by atoms with Crippen LogP contribution in [-0.4, -0.2) is 5.16 Å². The SMILES string of the molecule is Nc1cnoc1-c1cc2cccc(C(F)(F)F)c2s1. The zero-order valence-electron chi connectivity index (χ0n) is 9.36. The van der Waals surface area contributed by atoms with Gasteiger partial charge in [-0.1, -0.05) is 17.3 Å². The maximum atomic E-state index is 12.9. The highest BCUT2D eigenvalue weighted by molar-refractivity contribution is 7.22. The van der Waals surface area contributed by atoms with E-state index in [1.165, 1.54) is 12.3 Å². The molecular formula is C12H7F3N2OS. The zero-order chi connectivity index (χ0) is 13.6. The molecule has 0 fully saturated rings. The number of anilines is 1. The van der Waals surface area contributed by atoms with E-state index in [0.717, 1.165) is 17.4 Å². The number of nitrogens with zero attached hydrogens (tertiary/aromatic N) is 1. The molecule has 19 heavy (non-hydrogen) atoms. The van der Waals surface area contributed by atoms with Crippen molar-refractivity contribution < 1.29 is 17.7 Å². The van der Waals surface area contributed by atoms with Crippen molar-refractivity contribution in [1.29, 1.82) is 0 Å². The summed E-state index contributed by atoms with van der Waals surface area (Å²) >= 11 is 0.989. The summed E-state index contributed by atoms with van der Waals surface area (Å²) in [5.41, 5.74) is 5.30. The molecule has 1 aromatic carbocycles. The number of hydrogen-bond donors (Lipinski definition) is 1. The Kier molecular flexibility index (Phi) is 2.53. The first kappa shape index (κ1) is 12.0. The van der Waals surface area contributed by atoms with Gasteiger partial charge in [0, 0.05) is 4.70 Å². The molecule has 0 saturated carbocycles. The summed E-state index contributed by atoms with van der Waals surface area (Å²) in [7, 11) is 0. The van der Waals surface area contributed by atoms with Crippen molar-refractivity contribution in [3.63, 3.8) is 0 Å². The van der Waals surface area contributed by atoms with Crippen LogP contribution in [0.2, 0.25) is 0 Å². The molecule has 2 N–H and O–H groups in total. The van der Waals surface area contributed by atoms with Crippen molar-refractivity contribution in [3.05, 3.63) is 36.0 Å². The van der Waals surface area contributed by atoms with E-state index < -0.39 is 11.7 Å². The van der Waals surface area contributed by atoms with E-state index in [2.05, 4.69) is 5.16 Å². The maximum Gasteiger partial charge on any atom is 0.417 e. The summed E-state index contributed by atoms with van der Waals surface area (Å²) in [5, 5.41) is 4.03. The monoisotopic (exact) mass is 284 g/mol. The fourth-order valence-corrected chi connectivity index (χ4v) is 3.02. The van der Waals surface area contributed by atoms with Crippen LogP contribution in [0, 0.1) is 0 Å². The molecule has 0 bridgehead atoms. The van der Waals surface area contributed by atoms with Crippen LogP contribution in [0.4, 0.5) is 18.9 Å². The second-order valence-electron chi connectivity index (χ2n) is 3.94. The van der Waals surface area contributed by atoms with Crippen LogP contribution < -0.4 is 5.73 Å². The molecule has 0 atom stereocenters. The van der Waals surface area contributed by atoms with Gasteiger partial charge in [0.25, 0.3) is 0 Å². The minimum atomic E-state index is -4.38. The van der Waals surface area contributed by atoms with Crippen LogP contribution in [0.3, 0.4) is 0 Å². The minimum Gasteiger partial charge on any atom is -0.394 e. The minimum absolute atomic E-state index is 0.167. The van der Waals surface area contributed by atoms with E-state index in [1.807, 2.05) is 0 Å². The Labute approximate surface area is 109 Å². The number of halogens is 3. The van der Waals surface area contributed by atoms with Crippen molar-refractivity contribution in [3.8, 4) is 10.6 Å². The Balaban J connectivity index is 2.25. The third-order valence-corrected chi connectivity index (χ3v) is 3.85. The normalized spacial score (nSPS) is 12.2. The number of hydrogen-bond acceptors (Lipinski definition) is 4. The molecule has 3 rings (SSSR count). The average molecular weight is 284 g/mol. The van der Waals surface area contributed by atoms with Gasteiger partial charge in [-0.25, -0.2) is 0 Å². The molecule has 0 saturated heterocycles. The molecule has 0 amide bonds.